The van der Waals surface area contributed by atoms with Gasteiger partial charge in [0.1, 0.15) is 18.3 Å². The van der Waals surface area contributed by atoms with Gasteiger partial charge in [0.25, 0.3) is 0 Å². The van der Waals surface area contributed by atoms with Gasteiger partial charge in [-0.3, -0.25) is 14.6 Å². The Hall–Kier alpha value is -2.11. The van der Waals surface area contributed by atoms with Gasteiger partial charge in [0.05, 0.1) is 19.3 Å². The molecule has 1 atom stereocenters. The van der Waals surface area contributed by atoms with Gasteiger partial charge in [0.2, 0.25) is 11.8 Å². The van der Waals surface area contributed by atoms with Crippen LogP contribution in [0.5, 0.6) is 5.75 Å². The van der Waals surface area contributed by atoms with E-state index < -0.39 is 6.04 Å². The second kappa shape index (κ2) is 6.11. The summed E-state index contributed by atoms with van der Waals surface area (Å²) in [7, 11) is 1.62. The number of ether oxygens (including phenoxy) is 1. The lowest BCUT2D eigenvalue weighted by Gasteiger charge is -2.32. The van der Waals surface area contributed by atoms with Crippen molar-refractivity contribution < 1.29 is 14.3 Å². The highest BCUT2D eigenvalue weighted by molar-refractivity contribution is 5.94. The molecular weight excluding hydrogens is 270 g/mol. The third kappa shape index (κ3) is 2.99. The van der Waals surface area contributed by atoms with E-state index in [1.165, 1.54) is 0 Å². The number of methoxy groups -OCH3 is 1. The standard InChI is InChI=1S/C15H21N3O3/c1-5-11-15(20)18(8-13(19)17-11)7-12-10(3)14(21-4)9(2)6-16-12/h6,11H,5,7-8H2,1-4H3,(H,17,19). The molecule has 1 fully saturated rings. The molecule has 6 heteroatoms. The molecule has 1 aromatic rings. The number of rotatable bonds is 4. The zero-order chi connectivity index (χ0) is 15.6. The summed E-state index contributed by atoms with van der Waals surface area (Å²) >= 11 is 0. The molecule has 1 aliphatic rings. The van der Waals surface area contributed by atoms with Crippen LogP contribution in [0.4, 0.5) is 0 Å². The third-order valence-electron chi connectivity index (χ3n) is 3.78. The summed E-state index contributed by atoms with van der Waals surface area (Å²) in [6.45, 7) is 6.12. The van der Waals surface area contributed by atoms with Crippen LogP contribution in [-0.4, -0.2) is 41.4 Å². The van der Waals surface area contributed by atoms with Crippen LogP contribution in [0.1, 0.15) is 30.2 Å². The molecule has 2 heterocycles. The lowest BCUT2D eigenvalue weighted by molar-refractivity contribution is -0.145. The van der Waals surface area contributed by atoms with Crippen molar-refractivity contribution in [3.8, 4) is 5.75 Å². The largest absolute Gasteiger partial charge is 0.496 e. The number of carbonyl (C=O) groups excluding carboxylic acids is 2. The summed E-state index contributed by atoms with van der Waals surface area (Å²) in [6, 6.07) is -0.432. The second-order valence-electron chi connectivity index (χ2n) is 5.27. The summed E-state index contributed by atoms with van der Waals surface area (Å²) < 4.78 is 5.37. The van der Waals surface area contributed by atoms with E-state index in [0.29, 0.717) is 13.0 Å². The van der Waals surface area contributed by atoms with E-state index in [1.54, 1.807) is 18.2 Å². The first-order valence-corrected chi connectivity index (χ1v) is 7.05. The van der Waals surface area contributed by atoms with Gasteiger partial charge in [-0.15, -0.1) is 0 Å². The Morgan fingerprint density at radius 2 is 2.14 bits per heavy atom. The van der Waals surface area contributed by atoms with E-state index in [1.807, 2.05) is 20.8 Å². The Bertz CT molecular complexity index is 572. The second-order valence-corrected chi connectivity index (χ2v) is 5.27. The van der Waals surface area contributed by atoms with Gasteiger partial charge < -0.3 is 15.0 Å². The molecule has 0 aliphatic carbocycles. The number of aromatic nitrogens is 1. The quantitative estimate of drug-likeness (QED) is 0.896. The van der Waals surface area contributed by atoms with E-state index in [0.717, 1.165) is 22.6 Å². The zero-order valence-corrected chi connectivity index (χ0v) is 12.9. The fourth-order valence-electron chi connectivity index (χ4n) is 2.60. The normalized spacial score (nSPS) is 18.7. The molecule has 1 N–H and O–H groups in total. The van der Waals surface area contributed by atoms with E-state index in [4.69, 9.17) is 4.74 Å². The number of nitrogens with one attached hydrogen (secondary N) is 1. The highest BCUT2D eigenvalue weighted by atomic mass is 16.5. The van der Waals surface area contributed by atoms with Gasteiger partial charge in [-0.2, -0.15) is 0 Å². The molecule has 0 spiro atoms. The molecule has 0 bridgehead atoms. The lowest BCUT2D eigenvalue weighted by Crippen LogP contribution is -2.57. The molecule has 1 aliphatic heterocycles. The molecule has 114 valence electrons. The van der Waals surface area contributed by atoms with Crippen molar-refractivity contribution in [2.75, 3.05) is 13.7 Å². The maximum Gasteiger partial charge on any atom is 0.245 e. The zero-order valence-electron chi connectivity index (χ0n) is 12.9. The number of pyridine rings is 1. The summed E-state index contributed by atoms with van der Waals surface area (Å²) in [5, 5.41) is 2.70. The van der Waals surface area contributed by atoms with Crippen LogP contribution in [0.2, 0.25) is 0 Å². The van der Waals surface area contributed by atoms with Gasteiger partial charge >= 0.3 is 0 Å². The Labute approximate surface area is 124 Å². The number of nitrogens with zero attached hydrogens (tertiary/aromatic N) is 2. The van der Waals surface area contributed by atoms with Crippen LogP contribution in [0.3, 0.4) is 0 Å². The van der Waals surface area contributed by atoms with Gasteiger partial charge in [0.15, 0.2) is 0 Å². The molecule has 1 saturated heterocycles. The predicted octanol–water partition coefficient (Wildman–Crippen LogP) is 0.944. The predicted molar refractivity (Wildman–Crippen MR) is 77.9 cm³/mol. The SMILES string of the molecule is CCC1NC(=O)CN(Cc2ncc(C)c(OC)c2C)C1=O. The smallest absolute Gasteiger partial charge is 0.245 e. The van der Waals surface area contributed by atoms with Crippen molar-refractivity contribution >= 4 is 11.8 Å². The maximum absolute atomic E-state index is 12.3. The van der Waals surface area contributed by atoms with Gasteiger partial charge in [-0.25, -0.2) is 0 Å². The average Bonchev–Trinajstić information content (AvgIpc) is 2.45. The van der Waals surface area contributed by atoms with E-state index in [2.05, 4.69) is 10.3 Å². The highest BCUT2D eigenvalue weighted by Gasteiger charge is 2.31. The molecular formula is C15H21N3O3. The topological polar surface area (TPSA) is 71.5 Å². The number of hydrogen-bond donors (Lipinski definition) is 1. The van der Waals surface area contributed by atoms with Crippen LogP contribution in [0, 0.1) is 13.8 Å². The molecule has 21 heavy (non-hydrogen) atoms. The van der Waals surface area contributed by atoms with Crippen LogP contribution in [0.25, 0.3) is 0 Å². The number of hydrogen-bond acceptors (Lipinski definition) is 4. The van der Waals surface area contributed by atoms with E-state index >= 15 is 0 Å². The van der Waals surface area contributed by atoms with Crippen LogP contribution < -0.4 is 10.1 Å². The molecule has 0 aromatic carbocycles. The van der Waals surface area contributed by atoms with Crippen LogP contribution in [0.15, 0.2) is 6.20 Å². The number of amides is 2. The molecule has 1 aromatic heterocycles. The van der Waals surface area contributed by atoms with E-state index in [9.17, 15) is 9.59 Å². The minimum Gasteiger partial charge on any atom is -0.496 e. The lowest BCUT2D eigenvalue weighted by atomic mass is 10.1. The summed E-state index contributed by atoms with van der Waals surface area (Å²) in [6.07, 6.45) is 2.32. The summed E-state index contributed by atoms with van der Waals surface area (Å²) in [4.78, 5) is 29.9. The molecule has 0 saturated carbocycles. The first-order chi connectivity index (χ1) is 9.97. The van der Waals surface area contributed by atoms with Gasteiger partial charge in [0, 0.05) is 17.3 Å². The fourth-order valence-corrected chi connectivity index (χ4v) is 2.60. The first-order valence-electron chi connectivity index (χ1n) is 7.05. The minimum atomic E-state index is -0.432. The number of aryl methyl sites for hydroxylation is 1. The Balaban J connectivity index is 2.25. The van der Waals surface area contributed by atoms with E-state index in [-0.39, 0.29) is 18.4 Å². The van der Waals surface area contributed by atoms with Crippen molar-refractivity contribution in [2.24, 2.45) is 0 Å². The third-order valence-corrected chi connectivity index (χ3v) is 3.78. The van der Waals surface area contributed by atoms with Crippen molar-refractivity contribution in [3.05, 3.63) is 23.0 Å². The number of carbonyl (C=O) groups is 2. The van der Waals surface area contributed by atoms with Crippen molar-refractivity contribution in [3.63, 3.8) is 0 Å². The molecule has 6 nitrogen and oxygen atoms in total. The monoisotopic (exact) mass is 291 g/mol. The Kier molecular flexibility index (Phi) is 4.45. The first kappa shape index (κ1) is 15.3. The minimum absolute atomic E-state index is 0.0576. The molecule has 2 amide bonds. The summed E-state index contributed by atoms with van der Waals surface area (Å²) in [5.74, 6) is 0.594. The average molecular weight is 291 g/mol. The van der Waals surface area contributed by atoms with Crippen molar-refractivity contribution in [1.82, 2.24) is 15.2 Å². The Morgan fingerprint density at radius 3 is 2.76 bits per heavy atom. The van der Waals surface area contributed by atoms with Crippen molar-refractivity contribution in [2.45, 2.75) is 39.8 Å². The van der Waals surface area contributed by atoms with Crippen molar-refractivity contribution in [1.29, 1.82) is 0 Å². The molecule has 1 unspecified atom stereocenters. The number of piperazine rings is 1. The van der Waals surface area contributed by atoms with Gasteiger partial charge in [-0.1, -0.05) is 6.92 Å². The van der Waals surface area contributed by atoms with Crippen LogP contribution in [-0.2, 0) is 16.1 Å². The molecule has 0 radical (unpaired) electrons. The highest BCUT2D eigenvalue weighted by Crippen LogP contribution is 2.25. The fraction of sp³-hybridized carbons (Fsp3) is 0.533. The molecule has 2 rings (SSSR count). The summed E-state index contributed by atoms with van der Waals surface area (Å²) in [5.41, 5.74) is 2.62. The Morgan fingerprint density at radius 1 is 1.43 bits per heavy atom. The van der Waals surface area contributed by atoms with Gasteiger partial charge in [-0.05, 0) is 20.3 Å². The maximum atomic E-state index is 12.3. The van der Waals surface area contributed by atoms with Crippen LogP contribution >= 0.6 is 0 Å².